The van der Waals surface area contributed by atoms with Gasteiger partial charge in [-0.1, -0.05) is 26.8 Å². The van der Waals surface area contributed by atoms with Crippen LogP contribution < -0.4 is 5.32 Å². The Morgan fingerprint density at radius 1 is 1.29 bits per heavy atom. The van der Waals surface area contributed by atoms with Gasteiger partial charge in [0.05, 0.1) is 0 Å². The molecular weight excluding hydrogens is 276 g/mol. The van der Waals surface area contributed by atoms with Gasteiger partial charge in [-0.25, -0.2) is 8.78 Å². The molecule has 1 heterocycles. The van der Waals surface area contributed by atoms with Crippen molar-refractivity contribution in [2.75, 3.05) is 5.32 Å². The molecule has 0 saturated carbocycles. The van der Waals surface area contributed by atoms with Crippen LogP contribution in [0.15, 0.2) is 22.6 Å². The second-order valence-corrected chi connectivity index (χ2v) is 5.66. The molecule has 2 aromatic rings. The van der Waals surface area contributed by atoms with E-state index in [1.165, 1.54) is 6.07 Å². The van der Waals surface area contributed by atoms with E-state index >= 15 is 0 Å². The first-order valence-corrected chi connectivity index (χ1v) is 6.40. The van der Waals surface area contributed by atoms with Crippen molar-refractivity contribution < 1.29 is 13.2 Å². The molecule has 0 aliphatic heterocycles. The number of hydrogen-bond acceptors (Lipinski definition) is 4. The number of aromatic nitrogens is 1. The maximum absolute atomic E-state index is 13.1. The number of halogens is 2. The van der Waals surface area contributed by atoms with Crippen LogP contribution in [0, 0.1) is 23.0 Å². The smallest absolute Gasteiger partial charge is 0.232 e. The predicted octanol–water partition coefficient (Wildman–Crippen LogP) is 3.73. The maximum atomic E-state index is 13.1. The molecule has 0 aliphatic rings. The zero-order valence-corrected chi connectivity index (χ0v) is 12.0. The summed E-state index contributed by atoms with van der Waals surface area (Å²) in [6, 6.07) is 5.55. The molecule has 0 unspecified atom stereocenters. The van der Waals surface area contributed by atoms with Gasteiger partial charge in [-0.2, -0.15) is 10.2 Å². The molecule has 0 atom stereocenters. The SMILES string of the molecule is CC(C)(C)c1nc(C#N)c(NCc2ccc(F)c(F)c2)o1. The third kappa shape index (κ3) is 3.37. The molecule has 4 nitrogen and oxygen atoms in total. The van der Waals surface area contributed by atoms with Crippen LogP contribution in [0.25, 0.3) is 0 Å². The Morgan fingerprint density at radius 3 is 2.57 bits per heavy atom. The van der Waals surface area contributed by atoms with E-state index in [2.05, 4.69) is 10.3 Å². The Hall–Kier alpha value is -2.42. The van der Waals surface area contributed by atoms with Crippen LogP contribution >= 0.6 is 0 Å². The molecule has 0 aliphatic carbocycles. The molecule has 0 amide bonds. The second kappa shape index (κ2) is 5.52. The molecule has 0 bridgehead atoms. The lowest BCUT2D eigenvalue weighted by atomic mass is 9.97. The molecule has 1 N–H and O–H groups in total. The van der Waals surface area contributed by atoms with E-state index in [-0.39, 0.29) is 23.5 Å². The minimum atomic E-state index is -0.914. The highest BCUT2D eigenvalue weighted by Gasteiger charge is 2.23. The molecule has 0 spiro atoms. The Balaban J connectivity index is 2.18. The van der Waals surface area contributed by atoms with Crippen LogP contribution in [0.2, 0.25) is 0 Å². The molecule has 2 rings (SSSR count). The highest BCUT2D eigenvalue weighted by Crippen LogP contribution is 2.27. The van der Waals surface area contributed by atoms with Gasteiger partial charge >= 0.3 is 0 Å². The van der Waals surface area contributed by atoms with Crippen LogP contribution in [0.4, 0.5) is 14.7 Å². The van der Waals surface area contributed by atoms with Crippen molar-refractivity contribution in [3.63, 3.8) is 0 Å². The van der Waals surface area contributed by atoms with Crippen LogP contribution in [-0.4, -0.2) is 4.98 Å². The Bertz CT molecular complexity index is 696. The van der Waals surface area contributed by atoms with Crippen molar-refractivity contribution in [2.24, 2.45) is 0 Å². The Labute approximate surface area is 121 Å². The lowest BCUT2D eigenvalue weighted by Gasteiger charge is -2.12. The molecule has 0 radical (unpaired) electrons. The predicted molar refractivity (Wildman–Crippen MR) is 73.6 cm³/mol. The van der Waals surface area contributed by atoms with Gasteiger partial charge in [-0.3, -0.25) is 0 Å². The minimum Gasteiger partial charge on any atom is -0.423 e. The number of oxazole rings is 1. The van der Waals surface area contributed by atoms with Crippen LogP contribution in [0.1, 0.15) is 37.9 Å². The van der Waals surface area contributed by atoms with Crippen molar-refractivity contribution in [2.45, 2.75) is 32.7 Å². The van der Waals surface area contributed by atoms with Gasteiger partial charge in [0.1, 0.15) is 6.07 Å². The third-order valence-electron chi connectivity index (χ3n) is 2.81. The summed E-state index contributed by atoms with van der Waals surface area (Å²) >= 11 is 0. The summed E-state index contributed by atoms with van der Waals surface area (Å²) in [5.74, 6) is -1.15. The largest absolute Gasteiger partial charge is 0.423 e. The van der Waals surface area contributed by atoms with Gasteiger partial charge in [0.25, 0.3) is 0 Å². The zero-order chi connectivity index (χ0) is 15.6. The summed E-state index contributed by atoms with van der Waals surface area (Å²) < 4.78 is 31.5. The van der Waals surface area contributed by atoms with Crippen molar-refractivity contribution in [3.8, 4) is 6.07 Å². The maximum Gasteiger partial charge on any atom is 0.232 e. The average molecular weight is 291 g/mol. The fraction of sp³-hybridized carbons (Fsp3) is 0.333. The highest BCUT2D eigenvalue weighted by molar-refractivity contribution is 5.46. The van der Waals surface area contributed by atoms with Crippen LogP contribution in [0.5, 0.6) is 0 Å². The number of nitriles is 1. The number of nitrogens with one attached hydrogen (secondary N) is 1. The van der Waals surface area contributed by atoms with E-state index in [1.807, 2.05) is 26.8 Å². The van der Waals surface area contributed by atoms with E-state index in [4.69, 9.17) is 9.68 Å². The summed E-state index contributed by atoms with van der Waals surface area (Å²) in [4.78, 5) is 4.12. The Morgan fingerprint density at radius 2 is 2.00 bits per heavy atom. The van der Waals surface area contributed by atoms with Crippen molar-refractivity contribution in [1.29, 1.82) is 5.26 Å². The number of benzene rings is 1. The first-order valence-electron chi connectivity index (χ1n) is 6.40. The van der Waals surface area contributed by atoms with Crippen molar-refractivity contribution in [1.82, 2.24) is 4.98 Å². The molecule has 1 aromatic heterocycles. The van der Waals surface area contributed by atoms with E-state index in [0.717, 1.165) is 12.1 Å². The van der Waals surface area contributed by atoms with Crippen LogP contribution in [-0.2, 0) is 12.0 Å². The fourth-order valence-corrected chi connectivity index (χ4v) is 1.67. The van der Waals surface area contributed by atoms with Crippen molar-refractivity contribution in [3.05, 3.63) is 47.0 Å². The Kier molecular flexibility index (Phi) is 3.94. The van der Waals surface area contributed by atoms with Gasteiger partial charge in [0.2, 0.25) is 17.5 Å². The summed E-state index contributed by atoms with van der Waals surface area (Å²) in [5.41, 5.74) is 0.349. The van der Waals surface area contributed by atoms with E-state index in [0.29, 0.717) is 11.5 Å². The quantitative estimate of drug-likeness (QED) is 0.935. The summed E-state index contributed by atoms with van der Waals surface area (Å²) in [6.07, 6.45) is 0. The third-order valence-corrected chi connectivity index (χ3v) is 2.81. The molecule has 6 heteroatoms. The lowest BCUT2D eigenvalue weighted by molar-refractivity contribution is 0.399. The van der Waals surface area contributed by atoms with E-state index in [1.54, 1.807) is 0 Å². The number of nitrogens with zero attached hydrogens (tertiary/aromatic N) is 2. The fourth-order valence-electron chi connectivity index (χ4n) is 1.67. The lowest BCUT2D eigenvalue weighted by Crippen LogP contribution is -2.11. The first kappa shape index (κ1) is 15.0. The number of hydrogen-bond donors (Lipinski definition) is 1. The standard InChI is InChI=1S/C15H15F2N3O/c1-15(2,3)14-20-12(7-18)13(21-14)19-8-9-4-5-10(16)11(17)6-9/h4-6,19H,8H2,1-3H3. The average Bonchev–Trinajstić information content (AvgIpc) is 2.83. The van der Waals surface area contributed by atoms with Crippen LogP contribution in [0.3, 0.4) is 0 Å². The summed E-state index contributed by atoms with van der Waals surface area (Å²) in [5, 5.41) is 11.9. The first-order chi connectivity index (χ1) is 9.81. The zero-order valence-electron chi connectivity index (χ0n) is 12.0. The molecule has 0 saturated heterocycles. The molecule has 110 valence electrons. The van der Waals surface area contributed by atoms with E-state index in [9.17, 15) is 8.78 Å². The van der Waals surface area contributed by atoms with E-state index < -0.39 is 11.6 Å². The minimum absolute atomic E-state index is 0.141. The second-order valence-electron chi connectivity index (χ2n) is 5.66. The number of anilines is 1. The molecular formula is C15H15F2N3O. The summed E-state index contributed by atoms with van der Waals surface area (Å²) in [7, 11) is 0. The van der Waals surface area contributed by atoms with Gasteiger partial charge in [0, 0.05) is 12.0 Å². The van der Waals surface area contributed by atoms with Gasteiger partial charge in [-0.15, -0.1) is 0 Å². The molecule has 0 fully saturated rings. The monoisotopic (exact) mass is 291 g/mol. The normalized spacial score (nSPS) is 11.2. The highest BCUT2D eigenvalue weighted by atomic mass is 19.2. The summed E-state index contributed by atoms with van der Waals surface area (Å²) in [6.45, 7) is 5.95. The molecule has 1 aromatic carbocycles. The topological polar surface area (TPSA) is 61.9 Å². The van der Waals surface area contributed by atoms with Crippen molar-refractivity contribution >= 4 is 5.88 Å². The van der Waals surface area contributed by atoms with Gasteiger partial charge < -0.3 is 9.73 Å². The van der Waals surface area contributed by atoms with Gasteiger partial charge in [0.15, 0.2) is 11.6 Å². The van der Waals surface area contributed by atoms with Gasteiger partial charge in [-0.05, 0) is 17.7 Å². The number of rotatable bonds is 3. The molecule has 21 heavy (non-hydrogen) atoms.